The summed E-state index contributed by atoms with van der Waals surface area (Å²) in [5, 5.41) is 17.7. The minimum absolute atomic E-state index is 0.269. The molecule has 0 spiro atoms. The van der Waals surface area contributed by atoms with Crippen molar-refractivity contribution in [1.29, 1.82) is 5.26 Å². The van der Waals surface area contributed by atoms with Gasteiger partial charge in [0.1, 0.15) is 17.3 Å². The topological polar surface area (TPSA) is 66.2 Å². The Morgan fingerprint density at radius 3 is 2.34 bits per heavy atom. The Balaban J connectivity index is 1.18. The average molecular weight is 565 g/mol. The first-order chi connectivity index (χ1) is 21.7. The summed E-state index contributed by atoms with van der Waals surface area (Å²) in [5.74, 6) is 0. The van der Waals surface area contributed by atoms with Crippen molar-refractivity contribution in [2.24, 2.45) is 4.99 Å². The van der Waals surface area contributed by atoms with Gasteiger partial charge in [0, 0.05) is 44.0 Å². The molecule has 3 heterocycles. The fourth-order valence-corrected chi connectivity index (χ4v) is 6.59. The zero-order chi connectivity index (χ0) is 29.2. The van der Waals surface area contributed by atoms with E-state index in [1.807, 2.05) is 48.5 Å². The second-order valence-electron chi connectivity index (χ2n) is 11.2. The molecule has 5 heteroatoms. The molecule has 6 aromatic carbocycles. The van der Waals surface area contributed by atoms with Crippen LogP contribution in [0.1, 0.15) is 28.4 Å². The van der Waals surface area contributed by atoms with Gasteiger partial charge in [0.15, 0.2) is 0 Å². The van der Waals surface area contributed by atoms with Crippen molar-refractivity contribution >= 4 is 55.1 Å². The number of benzene rings is 6. The van der Waals surface area contributed by atoms with Gasteiger partial charge in [-0.3, -0.25) is 4.99 Å². The fraction of sp³-hybridized carbons (Fsp3) is 0.0256. The van der Waals surface area contributed by atoms with E-state index in [2.05, 4.69) is 101 Å². The average Bonchev–Trinajstić information content (AvgIpc) is 3.61. The van der Waals surface area contributed by atoms with E-state index >= 15 is 0 Å². The van der Waals surface area contributed by atoms with Gasteiger partial charge in [0.25, 0.3) is 0 Å². The molecule has 5 nitrogen and oxygen atoms in total. The molecule has 1 aliphatic heterocycles. The van der Waals surface area contributed by atoms with Crippen LogP contribution in [0.2, 0.25) is 0 Å². The van der Waals surface area contributed by atoms with Crippen LogP contribution in [0, 0.1) is 11.3 Å². The van der Waals surface area contributed by atoms with Crippen LogP contribution in [-0.2, 0) is 0 Å². The predicted octanol–water partition coefficient (Wildman–Crippen LogP) is 9.52. The highest BCUT2D eigenvalue weighted by molar-refractivity contribution is 6.18. The molecule has 8 aromatic rings. The Kier molecular flexibility index (Phi) is 5.26. The van der Waals surface area contributed by atoms with Crippen LogP contribution < -0.4 is 5.32 Å². The van der Waals surface area contributed by atoms with Gasteiger partial charge in [-0.25, -0.2) is 0 Å². The van der Waals surface area contributed by atoms with Crippen LogP contribution in [0.25, 0.3) is 49.4 Å². The Hall–Kier alpha value is -6.12. The Labute approximate surface area is 252 Å². The van der Waals surface area contributed by atoms with E-state index in [4.69, 9.17) is 9.41 Å². The molecule has 2 aromatic heterocycles. The molecule has 0 bridgehead atoms. The minimum Gasteiger partial charge on any atom is -0.456 e. The van der Waals surface area contributed by atoms with Crippen LogP contribution >= 0.6 is 0 Å². The van der Waals surface area contributed by atoms with E-state index in [0.717, 1.165) is 72.1 Å². The van der Waals surface area contributed by atoms with Crippen LogP contribution in [0.5, 0.6) is 0 Å². The quantitative estimate of drug-likeness (QED) is 0.232. The van der Waals surface area contributed by atoms with Crippen molar-refractivity contribution in [1.82, 2.24) is 4.57 Å². The summed E-state index contributed by atoms with van der Waals surface area (Å²) < 4.78 is 8.58. The number of nitrogens with zero attached hydrogens (tertiary/aromatic N) is 3. The maximum atomic E-state index is 9.50. The molecule has 1 unspecified atom stereocenters. The van der Waals surface area contributed by atoms with Crippen LogP contribution in [0.3, 0.4) is 0 Å². The lowest BCUT2D eigenvalue weighted by Gasteiger charge is -2.26. The lowest BCUT2D eigenvalue weighted by molar-refractivity contribution is 0.669. The van der Waals surface area contributed by atoms with Gasteiger partial charge < -0.3 is 14.3 Å². The third kappa shape index (κ3) is 3.68. The molecular formula is C39H24N4O. The maximum absolute atomic E-state index is 9.50. The van der Waals surface area contributed by atoms with Crippen molar-refractivity contribution in [2.45, 2.75) is 6.17 Å². The number of fused-ring (bicyclic) bond motifs is 7. The molecule has 1 N–H and O–H groups in total. The van der Waals surface area contributed by atoms with E-state index < -0.39 is 0 Å². The smallest absolute Gasteiger partial charge is 0.145 e. The summed E-state index contributed by atoms with van der Waals surface area (Å²) in [6, 6.07) is 48.0. The van der Waals surface area contributed by atoms with Gasteiger partial charge >= 0.3 is 0 Å². The lowest BCUT2D eigenvalue weighted by Crippen LogP contribution is -2.20. The SMILES string of the molecule is N#Cc1cccc(C2=NC(c3ccc(-n4c5ccccc5c5cc6oc7ccccc7c6cc54)cc3)Nc3ccccc32)c1. The number of nitrogens with one attached hydrogen (secondary N) is 1. The normalized spacial score (nSPS) is 14.4. The maximum Gasteiger partial charge on any atom is 0.145 e. The van der Waals surface area contributed by atoms with Crippen LogP contribution in [0.4, 0.5) is 5.69 Å². The molecule has 0 radical (unpaired) electrons. The first kappa shape index (κ1) is 24.5. The van der Waals surface area contributed by atoms with E-state index in [-0.39, 0.29) is 6.17 Å². The third-order valence-electron chi connectivity index (χ3n) is 8.64. The van der Waals surface area contributed by atoms with Crippen molar-refractivity contribution in [3.05, 3.63) is 156 Å². The van der Waals surface area contributed by atoms with Gasteiger partial charge in [0.05, 0.1) is 28.4 Å². The lowest BCUT2D eigenvalue weighted by atomic mass is 9.96. The van der Waals surface area contributed by atoms with E-state index in [9.17, 15) is 5.26 Å². The highest BCUT2D eigenvalue weighted by Gasteiger charge is 2.23. The second kappa shape index (κ2) is 9.45. The monoisotopic (exact) mass is 564 g/mol. The molecule has 9 rings (SSSR count). The number of anilines is 1. The largest absolute Gasteiger partial charge is 0.456 e. The van der Waals surface area contributed by atoms with Gasteiger partial charge in [0.2, 0.25) is 0 Å². The van der Waals surface area contributed by atoms with Crippen molar-refractivity contribution in [3.63, 3.8) is 0 Å². The molecule has 1 atom stereocenters. The molecule has 0 saturated heterocycles. The molecule has 206 valence electrons. The summed E-state index contributed by atoms with van der Waals surface area (Å²) in [6.45, 7) is 0. The van der Waals surface area contributed by atoms with Gasteiger partial charge in [-0.15, -0.1) is 0 Å². The number of para-hydroxylation sites is 3. The highest BCUT2D eigenvalue weighted by atomic mass is 16.3. The molecule has 0 fully saturated rings. The highest BCUT2D eigenvalue weighted by Crippen LogP contribution is 2.39. The van der Waals surface area contributed by atoms with Gasteiger partial charge in [-0.1, -0.05) is 78.9 Å². The summed E-state index contributed by atoms with van der Waals surface area (Å²) in [5.41, 5.74) is 10.7. The number of hydrogen-bond donors (Lipinski definition) is 1. The number of rotatable bonds is 3. The van der Waals surface area contributed by atoms with E-state index in [0.29, 0.717) is 5.56 Å². The number of furan rings is 1. The van der Waals surface area contributed by atoms with Crippen LogP contribution in [0.15, 0.2) is 143 Å². The number of aliphatic imine (C=N–C) groups is 1. The van der Waals surface area contributed by atoms with Crippen molar-refractivity contribution in [2.75, 3.05) is 5.32 Å². The van der Waals surface area contributed by atoms with E-state index in [1.165, 1.54) is 5.39 Å². The van der Waals surface area contributed by atoms with Crippen LogP contribution in [-0.4, -0.2) is 10.3 Å². The second-order valence-corrected chi connectivity index (χ2v) is 11.2. The van der Waals surface area contributed by atoms with Gasteiger partial charge in [-0.05, 0) is 60.2 Å². The summed E-state index contributed by atoms with van der Waals surface area (Å²) in [4.78, 5) is 5.17. The standard InChI is InChI=1S/C39H24N4O/c40-23-24-8-7-9-26(20-24)38-30-12-1-4-13-33(30)41-39(42-38)25-16-18-27(19-17-25)43-34-14-5-2-10-28(34)31-22-37-32(21-35(31)43)29-11-3-6-15-36(29)44-37/h1-22,39,41H. The molecule has 0 saturated carbocycles. The molecular weight excluding hydrogens is 540 g/mol. The van der Waals surface area contributed by atoms with Crippen molar-refractivity contribution in [3.8, 4) is 11.8 Å². The summed E-state index contributed by atoms with van der Waals surface area (Å²) in [6.07, 6.45) is -0.269. The summed E-state index contributed by atoms with van der Waals surface area (Å²) in [7, 11) is 0. The zero-order valence-corrected chi connectivity index (χ0v) is 23.5. The van der Waals surface area contributed by atoms with Gasteiger partial charge in [-0.2, -0.15) is 5.26 Å². The number of nitriles is 1. The summed E-state index contributed by atoms with van der Waals surface area (Å²) >= 11 is 0. The Bertz CT molecular complexity index is 2490. The minimum atomic E-state index is -0.269. The first-order valence-corrected chi connectivity index (χ1v) is 14.6. The molecule has 0 aliphatic carbocycles. The number of aromatic nitrogens is 1. The Morgan fingerprint density at radius 1 is 0.659 bits per heavy atom. The molecule has 0 amide bonds. The predicted molar refractivity (Wildman–Crippen MR) is 178 cm³/mol. The third-order valence-corrected chi connectivity index (χ3v) is 8.64. The number of hydrogen-bond acceptors (Lipinski definition) is 4. The Morgan fingerprint density at radius 2 is 1.45 bits per heavy atom. The fourth-order valence-electron chi connectivity index (χ4n) is 6.59. The first-order valence-electron chi connectivity index (χ1n) is 14.6. The molecule has 44 heavy (non-hydrogen) atoms. The molecule has 1 aliphatic rings. The van der Waals surface area contributed by atoms with E-state index in [1.54, 1.807) is 0 Å². The zero-order valence-electron chi connectivity index (χ0n) is 23.5. The van der Waals surface area contributed by atoms with Crippen molar-refractivity contribution < 1.29 is 4.42 Å².